The van der Waals surface area contributed by atoms with Gasteiger partial charge in [0.25, 0.3) is 0 Å². The van der Waals surface area contributed by atoms with Crippen LogP contribution in [0.4, 0.5) is 0 Å². The van der Waals surface area contributed by atoms with E-state index in [2.05, 4.69) is 5.32 Å². The summed E-state index contributed by atoms with van der Waals surface area (Å²) in [7, 11) is 0. The summed E-state index contributed by atoms with van der Waals surface area (Å²) < 4.78 is 0. The molecule has 1 rings (SSSR count). The molecule has 1 amide bonds. The molecule has 0 heterocycles. The van der Waals surface area contributed by atoms with Crippen molar-refractivity contribution in [1.29, 1.82) is 0 Å². The number of hydrogen-bond acceptors (Lipinski definition) is 4. The Morgan fingerprint density at radius 2 is 1.95 bits per heavy atom. The number of amides is 1. The lowest BCUT2D eigenvalue weighted by Crippen LogP contribution is -2.46. The Morgan fingerprint density at radius 3 is 2.55 bits per heavy atom. The zero-order chi connectivity index (χ0) is 14.8. The van der Waals surface area contributed by atoms with Gasteiger partial charge >= 0.3 is 0 Å². The Labute approximate surface area is 119 Å². The minimum absolute atomic E-state index is 0.282. The highest BCUT2D eigenvalue weighted by Crippen LogP contribution is 2.04. The number of nitrogens with one attached hydrogen (secondary N) is 1. The van der Waals surface area contributed by atoms with Crippen LogP contribution >= 0.6 is 0 Å². The number of aldehydes is 1. The first-order chi connectivity index (χ1) is 9.67. The smallest absolute Gasteiger partial charge is 0.237 e. The van der Waals surface area contributed by atoms with Gasteiger partial charge in [-0.25, -0.2) is 0 Å². The maximum atomic E-state index is 11.9. The quantitative estimate of drug-likeness (QED) is 0.568. The average Bonchev–Trinajstić information content (AvgIpc) is 2.49. The molecule has 1 aromatic rings. The lowest BCUT2D eigenvalue weighted by atomic mass is 10.0. The molecule has 0 aromatic heterocycles. The van der Waals surface area contributed by atoms with Crippen molar-refractivity contribution in [2.45, 2.75) is 37.8 Å². The zero-order valence-corrected chi connectivity index (χ0v) is 11.6. The molecule has 0 aliphatic rings. The van der Waals surface area contributed by atoms with Gasteiger partial charge in [-0.15, -0.1) is 0 Å². The minimum Gasteiger partial charge on any atom is -0.345 e. The van der Waals surface area contributed by atoms with E-state index in [0.29, 0.717) is 25.8 Å². The van der Waals surface area contributed by atoms with Crippen LogP contribution < -0.4 is 16.8 Å². The maximum absolute atomic E-state index is 11.9. The van der Waals surface area contributed by atoms with Crippen molar-refractivity contribution < 1.29 is 9.59 Å². The van der Waals surface area contributed by atoms with Crippen LogP contribution in [0.1, 0.15) is 24.8 Å². The van der Waals surface area contributed by atoms with Crippen LogP contribution in [0.5, 0.6) is 0 Å². The van der Waals surface area contributed by atoms with Gasteiger partial charge in [0, 0.05) is 0 Å². The van der Waals surface area contributed by atoms with Gasteiger partial charge in [-0.3, -0.25) is 4.79 Å². The van der Waals surface area contributed by atoms with Crippen LogP contribution in [0.15, 0.2) is 30.3 Å². The summed E-state index contributed by atoms with van der Waals surface area (Å²) in [4.78, 5) is 22.7. The molecule has 0 bridgehead atoms. The van der Waals surface area contributed by atoms with Gasteiger partial charge in [-0.2, -0.15) is 0 Å². The molecule has 5 nitrogen and oxygen atoms in total. The molecule has 0 saturated heterocycles. The third-order valence-corrected chi connectivity index (χ3v) is 3.13. The van der Waals surface area contributed by atoms with Crippen LogP contribution in [0, 0.1) is 0 Å². The van der Waals surface area contributed by atoms with Crippen molar-refractivity contribution in [3.05, 3.63) is 35.9 Å². The SMILES string of the molecule is NCCC[C@@H](C=O)NC(=O)[C@@H](N)CCc1ccccc1. The topological polar surface area (TPSA) is 98.2 Å². The van der Waals surface area contributed by atoms with E-state index < -0.39 is 12.1 Å². The number of aryl methyl sites for hydroxylation is 1. The lowest BCUT2D eigenvalue weighted by molar-refractivity contribution is -0.125. The molecule has 0 aliphatic carbocycles. The Kier molecular flexibility index (Phi) is 7.54. The molecule has 20 heavy (non-hydrogen) atoms. The second-order valence-electron chi connectivity index (χ2n) is 4.81. The third kappa shape index (κ3) is 5.95. The van der Waals surface area contributed by atoms with Crippen molar-refractivity contribution in [2.24, 2.45) is 11.5 Å². The average molecular weight is 277 g/mol. The van der Waals surface area contributed by atoms with Crippen LogP contribution in [-0.4, -0.2) is 30.8 Å². The highest BCUT2D eigenvalue weighted by molar-refractivity contribution is 5.84. The maximum Gasteiger partial charge on any atom is 0.237 e. The molecule has 110 valence electrons. The molecule has 0 radical (unpaired) electrons. The molecule has 1 aromatic carbocycles. The van der Waals surface area contributed by atoms with Gasteiger partial charge in [-0.05, 0) is 37.8 Å². The lowest BCUT2D eigenvalue weighted by Gasteiger charge is -2.16. The van der Waals surface area contributed by atoms with Crippen LogP contribution in [-0.2, 0) is 16.0 Å². The van der Waals surface area contributed by atoms with Crippen LogP contribution in [0.25, 0.3) is 0 Å². The van der Waals surface area contributed by atoms with Crippen molar-refractivity contribution in [3.8, 4) is 0 Å². The molecule has 0 unspecified atom stereocenters. The Balaban J connectivity index is 2.36. The number of nitrogens with two attached hydrogens (primary N) is 2. The highest BCUT2D eigenvalue weighted by atomic mass is 16.2. The normalized spacial score (nSPS) is 13.5. The van der Waals surface area contributed by atoms with Crippen molar-refractivity contribution in [2.75, 3.05) is 6.54 Å². The van der Waals surface area contributed by atoms with Crippen molar-refractivity contribution in [1.82, 2.24) is 5.32 Å². The van der Waals surface area contributed by atoms with E-state index in [1.165, 1.54) is 0 Å². The minimum atomic E-state index is -0.601. The van der Waals surface area contributed by atoms with Gasteiger partial charge in [0.1, 0.15) is 6.29 Å². The fourth-order valence-corrected chi connectivity index (χ4v) is 1.90. The van der Waals surface area contributed by atoms with Gasteiger partial charge < -0.3 is 21.6 Å². The zero-order valence-electron chi connectivity index (χ0n) is 11.6. The Hall–Kier alpha value is -1.72. The number of carbonyl (C=O) groups is 2. The molecular formula is C15H23N3O2. The number of benzene rings is 1. The molecule has 0 saturated carbocycles. The molecule has 0 fully saturated rings. The summed E-state index contributed by atoms with van der Waals surface area (Å²) in [6, 6.07) is 8.76. The first-order valence-corrected chi connectivity index (χ1v) is 6.92. The van der Waals surface area contributed by atoms with Gasteiger partial charge in [-0.1, -0.05) is 30.3 Å². The standard InChI is InChI=1S/C15H23N3O2/c16-10-4-7-13(11-19)18-15(20)14(17)9-8-12-5-2-1-3-6-12/h1-3,5-6,11,13-14H,4,7-10,16-17H2,(H,18,20)/t13-,14-/m0/s1. The Bertz CT molecular complexity index is 409. The van der Waals surface area contributed by atoms with E-state index in [1.54, 1.807) is 0 Å². The number of carbonyl (C=O) groups excluding carboxylic acids is 2. The van der Waals surface area contributed by atoms with E-state index in [1.807, 2.05) is 30.3 Å². The summed E-state index contributed by atoms with van der Waals surface area (Å²) in [5.74, 6) is -0.282. The summed E-state index contributed by atoms with van der Waals surface area (Å²) in [5, 5.41) is 2.65. The fourth-order valence-electron chi connectivity index (χ4n) is 1.90. The van der Waals surface area contributed by atoms with Crippen molar-refractivity contribution >= 4 is 12.2 Å². The first kappa shape index (κ1) is 16.3. The van der Waals surface area contributed by atoms with E-state index in [0.717, 1.165) is 18.3 Å². The molecule has 2 atom stereocenters. The first-order valence-electron chi connectivity index (χ1n) is 6.92. The predicted octanol–water partition coefficient (Wildman–Crippen LogP) is 0.369. The number of hydrogen-bond donors (Lipinski definition) is 3. The molecule has 0 spiro atoms. The van der Waals surface area contributed by atoms with Crippen molar-refractivity contribution in [3.63, 3.8) is 0 Å². The van der Waals surface area contributed by atoms with E-state index >= 15 is 0 Å². The van der Waals surface area contributed by atoms with Gasteiger partial charge in [0.15, 0.2) is 0 Å². The molecule has 5 heteroatoms. The van der Waals surface area contributed by atoms with Crippen LogP contribution in [0.3, 0.4) is 0 Å². The van der Waals surface area contributed by atoms with Gasteiger partial charge in [0.05, 0.1) is 12.1 Å². The third-order valence-electron chi connectivity index (χ3n) is 3.13. The second-order valence-corrected chi connectivity index (χ2v) is 4.81. The Morgan fingerprint density at radius 1 is 1.25 bits per heavy atom. The summed E-state index contributed by atoms with van der Waals surface area (Å²) in [6.45, 7) is 0.500. The second kappa shape index (κ2) is 9.23. The van der Waals surface area contributed by atoms with E-state index in [-0.39, 0.29) is 5.91 Å². The summed E-state index contributed by atoms with van der Waals surface area (Å²) in [5.41, 5.74) is 12.4. The summed E-state index contributed by atoms with van der Waals surface area (Å²) >= 11 is 0. The van der Waals surface area contributed by atoms with E-state index in [4.69, 9.17) is 11.5 Å². The fraction of sp³-hybridized carbons (Fsp3) is 0.467. The number of rotatable bonds is 9. The highest BCUT2D eigenvalue weighted by Gasteiger charge is 2.17. The summed E-state index contributed by atoms with van der Waals surface area (Å²) in [6.07, 6.45) is 3.28. The molecule has 0 aliphatic heterocycles. The van der Waals surface area contributed by atoms with Crippen LogP contribution in [0.2, 0.25) is 0 Å². The largest absolute Gasteiger partial charge is 0.345 e. The van der Waals surface area contributed by atoms with E-state index in [9.17, 15) is 9.59 Å². The molecule has 5 N–H and O–H groups in total. The monoisotopic (exact) mass is 277 g/mol. The molecular weight excluding hydrogens is 254 g/mol. The predicted molar refractivity (Wildman–Crippen MR) is 79.0 cm³/mol. The van der Waals surface area contributed by atoms with Gasteiger partial charge in [0.2, 0.25) is 5.91 Å².